The van der Waals surface area contributed by atoms with Crippen molar-refractivity contribution in [2.45, 2.75) is 13.8 Å². The van der Waals surface area contributed by atoms with Gasteiger partial charge >= 0.3 is 0 Å². The van der Waals surface area contributed by atoms with Crippen LogP contribution in [0.5, 0.6) is 0 Å². The lowest BCUT2D eigenvalue weighted by molar-refractivity contribution is 0.405. The number of nitrogens with zero attached hydrogens (tertiary/aromatic N) is 3. The van der Waals surface area contributed by atoms with E-state index in [0.717, 1.165) is 22.5 Å². The van der Waals surface area contributed by atoms with Crippen LogP contribution in [0.1, 0.15) is 11.5 Å². The molecule has 0 atom stereocenters. The van der Waals surface area contributed by atoms with E-state index in [9.17, 15) is 0 Å². The molecule has 4 nitrogen and oxygen atoms in total. The first-order chi connectivity index (χ1) is 5.29. The van der Waals surface area contributed by atoms with Crippen molar-refractivity contribution in [1.29, 1.82) is 0 Å². The molecule has 0 aromatic carbocycles. The average Bonchev–Trinajstić information content (AvgIpc) is 2.35. The van der Waals surface area contributed by atoms with E-state index in [-0.39, 0.29) is 0 Å². The maximum absolute atomic E-state index is 4.94. The van der Waals surface area contributed by atoms with Crippen LogP contribution in [-0.2, 0) is 0 Å². The van der Waals surface area contributed by atoms with Crippen LogP contribution < -0.4 is 0 Å². The maximum atomic E-state index is 4.94. The van der Waals surface area contributed by atoms with E-state index in [0.29, 0.717) is 0 Å². The highest BCUT2D eigenvalue weighted by atomic mass is 16.5. The van der Waals surface area contributed by atoms with Crippen LogP contribution in [0.2, 0.25) is 0 Å². The summed E-state index contributed by atoms with van der Waals surface area (Å²) in [6, 6.07) is 0. The van der Waals surface area contributed by atoms with E-state index >= 15 is 0 Å². The second-order valence-corrected chi connectivity index (χ2v) is 2.40. The Kier molecular flexibility index (Phi) is 1.15. The number of aryl methyl sites for hydroxylation is 2. The van der Waals surface area contributed by atoms with Crippen molar-refractivity contribution >= 4 is 11.0 Å². The summed E-state index contributed by atoms with van der Waals surface area (Å²) in [5.41, 5.74) is 2.41. The molecule has 2 aromatic heterocycles. The van der Waals surface area contributed by atoms with Crippen molar-refractivity contribution in [3.05, 3.63) is 17.8 Å². The molecular formula is C7H7N3O. The molecule has 0 radical (unpaired) electrons. The van der Waals surface area contributed by atoms with Gasteiger partial charge in [-0.2, -0.15) is 0 Å². The van der Waals surface area contributed by atoms with E-state index in [2.05, 4.69) is 15.1 Å². The minimum Gasteiger partial charge on any atom is -0.359 e. The highest BCUT2D eigenvalue weighted by Crippen LogP contribution is 2.15. The summed E-state index contributed by atoms with van der Waals surface area (Å²) in [6.07, 6.45) is 1.52. The Hall–Kier alpha value is -1.45. The Bertz CT molecular complexity index is 393. The van der Waals surface area contributed by atoms with Gasteiger partial charge in [-0.05, 0) is 13.8 Å². The fourth-order valence-electron chi connectivity index (χ4n) is 0.991. The van der Waals surface area contributed by atoms with Gasteiger partial charge in [0, 0.05) is 0 Å². The van der Waals surface area contributed by atoms with Gasteiger partial charge in [-0.3, -0.25) is 0 Å². The topological polar surface area (TPSA) is 51.8 Å². The van der Waals surface area contributed by atoms with Gasteiger partial charge in [0.15, 0.2) is 11.3 Å². The first-order valence-corrected chi connectivity index (χ1v) is 3.32. The second kappa shape index (κ2) is 2.02. The van der Waals surface area contributed by atoms with Gasteiger partial charge in [0.05, 0.1) is 5.69 Å². The Balaban J connectivity index is 2.94. The summed E-state index contributed by atoms with van der Waals surface area (Å²) in [5, 5.41) is 3.82. The van der Waals surface area contributed by atoms with Crippen LogP contribution in [0.3, 0.4) is 0 Å². The van der Waals surface area contributed by atoms with Crippen molar-refractivity contribution < 1.29 is 4.52 Å². The predicted molar refractivity (Wildman–Crippen MR) is 39.1 cm³/mol. The molecule has 0 aliphatic carbocycles. The molecule has 4 heteroatoms. The number of hydrogen-bond donors (Lipinski definition) is 0. The van der Waals surface area contributed by atoms with Gasteiger partial charge < -0.3 is 4.52 Å². The van der Waals surface area contributed by atoms with Gasteiger partial charge in [-0.15, -0.1) is 0 Å². The van der Waals surface area contributed by atoms with Crippen molar-refractivity contribution in [1.82, 2.24) is 15.1 Å². The highest BCUT2D eigenvalue weighted by Gasteiger charge is 2.06. The molecule has 2 rings (SSSR count). The molecule has 0 N–H and O–H groups in total. The maximum Gasteiger partial charge on any atom is 0.160 e. The van der Waals surface area contributed by atoms with E-state index in [1.807, 2.05) is 13.8 Å². The van der Waals surface area contributed by atoms with Crippen LogP contribution >= 0.6 is 0 Å². The quantitative estimate of drug-likeness (QED) is 0.565. The molecule has 0 amide bonds. The van der Waals surface area contributed by atoms with Crippen molar-refractivity contribution in [2.75, 3.05) is 0 Å². The minimum atomic E-state index is 0.741. The van der Waals surface area contributed by atoms with E-state index < -0.39 is 0 Å². The SMILES string of the molecule is Cc1ncnc2c(C)onc12. The summed E-state index contributed by atoms with van der Waals surface area (Å²) in [7, 11) is 0. The zero-order chi connectivity index (χ0) is 7.84. The summed E-state index contributed by atoms with van der Waals surface area (Å²) >= 11 is 0. The summed E-state index contributed by atoms with van der Waals surface area (Å²) in [6.45, 7) is 3.72. The third-order valence-electron chi connectivity index (χ3n) is 1.61. The molecule has 0 aliphatic rings. The first-order valence-electron chi connectivity index (χ1n) is 3.32. The molecule has 0 unspecified atom stereocenters. The third-order valence-corrected chi connectivity index (χ3v) is 1.61. The van der Waals surface area contributed by atoms with Crippen LogP contribution in [0.4, 0.5) is 0 Å². The van der Waals surface area contributed by atoms with E-state index in [4.69, 9.17) is 4.52 Å². The van der Waals surface area contributed by atoms with Crippen molar-refractivity contribution in [3.8, 4) is 0 Å². The van der Waals surface area contributed by atoms with E-state index in [1.165, 1.54) is 6.33 Å². The summed E-state index contributed by atoms with van der Waals surface area (Å²) in [5.74, 6) is 0.741. The molecule has 0 aliphatic heterocycles. The zero-order valence-electron chi connectivity index (χ0n) is 6.33. The standard InChI is InChI=1S/C7H7N3O/c1-4-6-7(9-3-8-4)5(2)11-10-6/h3H,1-2H3. The summed E-state index contributed by atoms with van der Waals surface area (Å²) < 4.78 is 4.94. The second-order valence-electron chi connectivity index (χ2n) is 2.40. The lowest BCUT2D eigenvalue weighted by Gasteiger charge is -1.88. The van der Waals surface area contributed by atoms with Crippen LogP contribution in [0.25, 0.3) is 11.0 Å². The molecule has 0 saturated carbocycles. The van der Waals surface area contributed by atoms with Crippen molar-refractivity contribution in [2.24, 2.45) is 0 Å². The van der Waals surface area contributed by atoms with Crippen molar-refractivity contribution in [3.63, 3.8) is 0 Å². The lowest BCUT2D eigenvalue weighted by Crippen LogP contribution is -1.84. The lowest BCUT2D eigenvalue weighted by atomic mass is 10.3. The van der Waals surface area contributed by atoms with Gasteiger partial charge in [0.25, 0.3) is 0 Å². The fourth-order valence-corrected chi connectivity index (χ4v) is 0.991. The van der Waals surface area contributed by atoms with E-state index in [1.54, 1.807) is 0 Å². The number of fused-ring (bicyclic) bond motifs is 1. The molecular weight excluding hydrogens is 142 g/mol. The molecule has 2 heterocycles. The normalized spacial score (nSPS) is 10.7. The Morgan fingerprint density at radius 1 is 1.18 bits per heavy atom. The van der Waals surface area contributed by atoms with Crippen LogP contribution in [0, 0.1) is 13.8 Å². The Morgan fingerprint density at radius 2 is 2.00 bits per heavy atom. The van der Waals surface area contributed by atoms with Gasteiger partial charge in [0.2, 0.25) is 0 Å². The molecule has 56 valence electrons. The summed E-state index contributed by atoms with van der Waals surface area (Å²) in [4.78, 5) is 8.02. The zero-order valence-corrected chi connectivity index (χ0v) is 6.33. The molecule has 0 bridgehead atoms. The molecule has 2 aromatic rings. The number of rotatable bonds is 0. The van der Waals surface area contributed by atoms with Gasteiger partial charge in [-0.1, -0.05) is 5.16 Å². The fraction of sp³-hybridized carbons (Fsp3) is 0.286. The third kappa shape index (κ3) is 0.790. The highest BCUT2D eigenvalue weighted by molar-refractivity contribution is 5.77. The Morgan fingerprint density at radius 3 is 2.73 bits per heavy atom. The van der Waals surface area contributed by atoms with Crippen LogP contribution in [-0.4, -0.2) is 15.1 Å². The largest absolute Gasteiger partial charge is 0.359 e. The van der Waals surface area contributed by atoms with Gasteiger partial charge in [-0.25, -0.2) is 9.97 Å². The van der Waals surface area contributed by atoms with Gasteiger partial charge in [0.1, 0.15) is 11.8 Å². The molecule has 0 saturated heterocycles. The molecule has 0 fully saturated rings. The smallest absolute Gasteiger partial charge is 0.160 e. The first kappa shape index (κ1) is 6.27. The average molecular weight is 149 g/mol. The predicted octanol–water partition coefficient (Wildman–Crippen LogP) is 1.23. The Labute approximate surface area is 63.2 Å². The monoisotopic (exact) mass is 149 g/mol. The number of aromatic nitrogens is 3. The number of hydrogen-bond acceptors (Lipinski definition) is 4. The molecule has 0 spiro atoms. The minimum absolute atomic E-state index is 0.741. The molecule has 11 heavy (non-hydrogen) atoms. The van der Waals surface area contributed by atoms with Crippen LogP contribution in [0.15, 0.2) is 10.9 Å².